The van der Waals surface area contributed by atoms with Gasteiger partial charge in [0.2, 0.25) is 0 Å². The van der Waals surface area contributed by atoms with Crippen LogP contribution in [0.4, 0.5) is 5.69 Å². The Bertz CT molecular complexity index is 1240. The van der Waals surface area contributed by atoms with E-state index >= 15 is 0 Å². The van der Waals surface area contributed by atoms with Gasteiger partial charge in [-0.05, 0) is 48.2 Å². The van der Waals surface area contributed by atoms with Gasteiger partial charge in [-0.25, -0.2) is 4.90 Å². The van der Waals surface area contributed by atoms with Crippen molar-refractivity contribution in [2.24, 2.45) is 0 Å². The monoisotopic (exact) mass is 451 g/mol. The zero-order chi connectivity index (χ0) is 23.7. The van der Waals surface area contributed by atoms with Crippen molar-refractivity contribution in [3.63, 3.8) is 0 Å². The van der Waals surface area contributed by atoms with Crippen molar-refractivity contribution in [2.75, 3.05) is 31.1 Å². The number of aryl methyl sites for hydroxylation is 2. The third-order valence-corrected chi connectivity index (χ3v) is 6.81. The summed E-state index contributed by atoms with van der Waals surface area (Å²) in [6.07, 6.45) is 0. The molecule has 2 aliphatic heterocycles. The Morgan fingerprint density at radius 1 is 0.706 bits per heavy atom. The van der Waals surface area contributed by atoms with Gasteiger partial charge in [-0.1, -0.05) is 66.7 Å². The summed E-state index contributed by atoms with van der Waals surface area (Å²) < 4.78 is 0. The van der Waals surface area contributed by atoms with Crippen LogP contribution in [0.1, 0.15) is 22.3 Å². The van der Waals surface area contributed by atoms with E-state index in [-0.39, 0.29) is 11.8 Å². The van der Waals surface area contributed by atoms with Crippen LogP contribution in [0.25, 0.3) is 5.57 Å². The minimum absolute atomic E-state index is 0.235. The van der Waals surface area contributed by atoms with Gasteiger partial charge >= 0.3 is 0 Å². The second-order valence-corrected chi connectivity index (χ2v) is 9.05. The van der Waals surface area contributed by atoms with Gasteiger partial charge in [-0.3, -0.25) is 14.5 Å². The van der Waals surface area contributed by atoms with Crippen LogP contribution in [0.5, 0.6) is 0 Å². The molecule has 0 spiro atoms. The Morgan fingerprint density at radius 3 is 2.00 bits per heavy atom. The van der Waals surface area contributed by atoms with Crippen LogP contribution in [0.3, 0.4) is 0 Å². The topological polar surface area (TPSA) is 43.9 Å². The molecule has 3 aromatic carbocycles. The molecular formula is C29H29N3O2. The van der Waals surface area contributed by atoms with E-state index in [1.807, 2.05) is 61.5 Å². The lowest BCUT2D eigenvalue weighted by molar-refractivity contribution is -0.120. The first kappa shape index (κ1) is 22.1. The molecule has 2 amide bonds. The number of piperazine rings is 1. The first-order chi connectivity index (χ1) is 16.5. The smallest absolute Gasteiger partial charge is 0.282 e. The Kier molecular flexibility index (Phi) is 6.03. The van der Waals surface area contributed by atoms with Crippen LogP contribution in [0.15, 0.2) is 84.6 Å². The second-order valence-electron chi connectivity index (χ2n) is 9.05. The lowest BCUT2D eigenvalue weighted by Crippen LogP contribution is -2.47. The zero-order valence-corrected chi connectivity index (χ0v) is 19.7. The van der Waals surface area contributed by atoms with Crippen molar-refractivity contribution in [3.8, 4) is 0 Å². The van der Waals surface area contributed by atoms with Gasteiger partial charge < -0.3 is 4.90 Å². The molecule has 3 aromatic rings. The number of benzene rings is 3. The maximum absolute atomic E-state index is 13.7. The van der Waals surface area contributed by atoms with Gasteiger partial charge in [0.1, 0.15) is 5.70 Å². The summed E-state index contributed by atoms with van der Waals surface area (Å²) in [7, 11) is 0. The van der Waals surface area contributed by atoms with Gasteiger partial charge in [0, 0.05) is 32.7 Å². The molecule has 5 rings (SSSR count). The largest absolute Gasteiger partial charge is 0.364 e. The molecule has 0 atom stereocenters. The van der Waals surface area contributed by atoms with Crippen LogP contribution < -0.4 is 4.90 Å². The average Bonchev–Trinajstić information content (AvgIpc) is 3.12. The molecule has 172 valence electrons. The number of carbonyl (C=O) groups is 2. The summed E-state index contributed by atoms with van der Waals surface area (Å²) in [5, 5.41) is 0. The fourth-order valence-electron chi connectivity index (χ4n) is 4.75. The normalized spacial score (nSPS) is 17.1. The quantitative estimate of drug-likeness (QED) is 0.539. The minimum Gasteiger partial charge on any atom is -0.364 e. The van der Waals surface area contributed by atoms with E-state index in [0.29, 0.717) is 30.0 Å². The van der Waals surface area contributed by atoms with E-state index in [0.717, 1.165) is 36.3 Å². The van der Waals surface area contributed by atoms with Crippen molar-refractivity contribution >= 4 is 23.1 Å². The predicted molar refractivity (Wildman–Crippen MR) is 135 cm³/mol. The minimum atomic E-state index is -0.249. The highest BCUT2D eigenvalue weighted by Crippen LogP contribution is 2.35. The highest BCUT2D eigenvalue weighted by molar-refractivity contribution is 6.45. The summed E-state index contributed by atoms with van der Waals surface area (Å²) in [6.45, 7) is 8.07. The summed E-state index contributed by atoms with van der Waals surface area (Å²) in [4.78, 5) is 33.2. The third kappa shape index (κ3) is 4.15. The number of nitrogens with zero attached hydrogens (tertiary/aromatic N) is 3. The number of para-hydroxylation sites is 1. The van der Waals surface area contributed by atoms with Gasteiger partial charge in [0.15, 0.2) is 0 Å². The molecule has 5 nitrogen and oxygen atoms in total. The van der Waals surface area contributed by atoms with Crippen molar-refractivity contribution in [1.29, 1.82) is 0 Å². The molecule has 5 heteroatoms. The SMILES string of the molecule is Cc1ccc(C2=C(N3CCN(Cc4ccccc4)CC3)C(=O)N(c3ccccc3)C2=O)cc1C. The summed E-state index contributed by atoms with van der Waals surface area (Å²) in [5.74, 6) is -0.484. The molecule has 0 aromatic heterocycles. The number of carbonyl (C=O) groups excluding carboxylic acids is 2. The molecular weight excluding hydrogens is 422 g/mol. The van der Waals surface area contributed by atoms with Crippen molar-refractivity contribution < 1.29 is 9.59 Å². The number of imide groups is 1. The van der Waals surface area contributed by atoms with Crippen LogP contribution in [-0.2, 0) is 16.1 Å². The van der Waals surface area contributed by atoms with Gasteiger partial charge in [-0.2, -0.15) is 0 Å². The lowest BCUT2D eigenvalue weighted by Gasteiger charge is -2.36. The molecule has 2 heterocycles. The van der Waals surface area contributed by atoms with E-state index in [2.05, 4.69) is 41.0 Å². The molecule has 0 saturated carbocycles. The molecule has 0 N–H and O–H groups in total. The van der Waals surface area contributed by atoms with Crippen LogP contribution in [-0.4, -0.2) is 47.8 Å². The zero-order valence-electron chi connectivity index (χ0n) is 19.7. The van der Waals surface area contributed by atoms with Crippen molar-refractivity contribution in [2.45, 2.75) is 20.4 Å². The number of hydrogen-bond acceptors (Lipinski definition) is 4. The van der Waals surface area contributed by atoms with E-state index in [1.54, 1.807) is 0 Å². The number of amides is 2. The van der Waals surface area contributed by atoms with E-state index in [4.69, 9.17) is 0 Å². The van der Waals surface area contributed by atoms with Crippen LogP contribution >= 0.6 is 0 Å². The Morgan fingerprint density at radius 2 is 1.35 bits per heavy atom. The highest BCUT2D eigenvalue weighted by atomic mass is 16.2. The first-order valence-corrected chi connectivity index (χ1v) is 11.8. The van der Waals surface area contributed by atoms with Crippen LogP contribution in [0.2, 0.25) is 0 Å². The number of rotatable bonds is 5. The first-order valence-electron chi connectivity index (χ1n) is 11.8. The van der Waals surface area contributed by atoms with Crippen molar-refractivity contribution in [3.05, 3.63) is 107 Å². The Labute approximate surface area is 200 Å². The Hall–Kier alpha value is -3.70. The molecule has 2 aliphatic rings. The molecule has 1 fully saturated rings. The van der Waals surface area contributed by atoms with E-state index in [1.165, 1.54) is 10.5 Å². The molecule has 1 saturated heterocycles. The van der Waals surface area contributed by atoms with Crippen LogP contribution in [0, 0.1) is 13.8 Å². The molecule has 0 aliphatic carbocycles. The second kappa shape index (κ2) is 9.27. The fourth-order valence-corrected chi connectivity index (χ4v) is 4.75. The fraction of sp³-hybridized carbons (Fsp3) is 0.241. The lowest BCUT2D eigenvalue weighted by atomic mass is 9.99. The maximum Gasteiger partial charge on any atom is 0.282 e. The number of anilines is 1. The third-order valence-electron chi connectivity index (χ3n) is 6.81. The standard InChI is InChI=1S/C29H29N3O2/c1-21-13-14-24(19-22(21)2)26-27(29(34)32(28(26)33)25-11-7-4-8-12-25)31-17-15-30(16-18-31)20-23-9-5-3-6-10-23/h3-14,19H,15-18,20H2,1-2H3. The number of hydrogen-bond donors (Lipinski definition) is 0. The molecule has 0 bridgehead atoms. The highest BCUT2D eigenvalue weighted by Gasteiger charge is 2.43. The van der Waals surface area contributed by atoms with Crippen molar-refractivity contribution in [1.82, 2.24) is 9.80 Å². The van der Waals surface area contributed by atoms with Gasteiger partial charge in [-0.15, -0.1) is 0 Å². The maximum atomic E-state index is 13.7. The van der Waals surface area contributed by atoms with E-state index in [9.17, 15) is 9.59 Å². The van der Waals surface area contributed by atoms with Gasteiger partial charge in [0.05, 0.1) is 11.3 Å². The predicted octanol–water partition coefficient (Wildman–Crippen LogP) is 4.41. The Balaban J connectivity index is 1.46. The van der Waals surface area contributed by atoms with Gasteiger partial charge in [0.25, 0.3) is 11.8 Å². The van der Waals surface area contributed by atoms with E-state index < -0.39 is 0 Å². The molecule has 0 radical (unpaired) electrons. The molecule has 34 heavy (non-hydrogen) atoms. The summed E-state index contributed by atoms with van der Waals surface area (Å²) in [6, 6.07) is 25.7. The summed E-state index contributed by atoms with van der Waals surface area (Å²) in [5.41, 5.74) is 6.00. The molecule has 0 unspecified atom stereocenters. The average molecular weight is 452 g/mol. The summed E-state index contributed by atoms with van der Waals surface area (Å²) >= 11 is 0.